The van der Waals surface area contributed by atoms with E-state index in [-0.39, 0.29) is 24.8 Å². The molecule has 0 saturated carbocycles. The zero-order valence-corrected chi connectivity index (χ0v) is 16.4. The molecule has 5 nitrogen and oxygen atoms in total. The van der Waals surface area contributed by atoms with Crippen molar-refractivity contribution in [2.75, 3.05) is 0 Å². The van der Waals surface area contributed by atoms with Gasteiger partial charge in [-0.3, -0.25) is 4.79 Å². The Hall–Kier alpha value is -3.52. The Kier molecular flexibility index (Phi) is 5.85. The number of halogens is 2. The molecule has 0 unspecified atom stereocenters. The van der Waals surface area contributed by atoms with Crippen molar-refractivity contribution >= 4 is 17.2 Å². The maximum atomic E-state index is 13.4. The van der Waals surface area contributed by atoms with Crippen LogP contribution >= 0.6 is 11.3 Å². The molecular formula is C22H16F2N2O3S. The number of carbonyl (C=O) groups excluding carboxylic acids is 1. The van der Waals surface area contributed by atoms with E-state index in [2.05, 4.69) is 10.3 Å². The van der Waals surface area contributed by atoms with Gasteiger partial charge in [0.1, 0.15) is 28.8 Å². The van der Waals surface area contributed by atoms with E-state index in [1.807, 2.05) is 12.1 Å². The molecule has 4 aromatic rings. The van der Waals surface area contributed by atoms with E-state index in [0.717, 1.165) is 12.1 Å². The second-order valence-corrected chi connectivity index (χ2v) is 7.19. The van der Waals surface area contributed by atoms with Crippen molar-refractivity contribution < 1.29 is 22.7 Å². The van der Waals surface area contributed by atoms with Crippen molar-refractivity contribution in [1.29, 1.82) is 0 Å². The molecule has 2 heterocycles. The van der Waals surface area contributed by atoms with Gasteiger partial charge in [-0.15, -0.1) is 11.3 Å². The number of ether oxygens (including phenoxy) is 1. The fraction of sp³-hybridized carbons (Fsp3) is 0.0909. The van der Waals surface area contributed by atoms with Crippen LogP contribution in [0.1, 0.15) is 21.8 Å². The Morgan fingerprint density at radius 2 is 1.97 bits per heavy atom. The number of benzene rings is 2. The van der Waals surface area contributed by atoms with Crippen molar-refractivity contribution in [2.45, 2.75) is 13.2 Å². The van der Waals surface area contributed by atoms with Gasteiger partial charge in [0.2, 0.25) is 0 Å². The predicted molar refractivity (Wildman–Crippen MR) is 108 cm³/mol. The molecule has 4 rings (SSSR count). The minimum Gasteiger partial charge on any atom is -0.488 e. The number of nitrogens with zero attached hydrogens (tertiary/aromatic N) is 1. The van der Waals surface area contributed by atoms with Gasteiger partial charge in [0.15, 0.2) is 11.6 Å². The zero-order valence-electron chi connectivity index (χ0n) is 15.6. The van der Waals surface area contributed by atoms with Gasteiger partial charge in [0, 0.05) is 5.38 Å². The van der Waals surface area contributed by atoms with Gasteiger partial charge in [-0.2, -0.15) is 0 Å². The van der Waals surface area contributed by atoms with Gasteiger partial charge in [-0.1, -0.05) is 18.2 Å². The molecule has 0 aliphatic carbocycles. The highest BCUT2D eigenvalue weighted by Gasteiger charge is 2.15. The summed E-state index contributed by atoms with van der Waals surface area (Å²) in [6.45, 7) is 0.336. The number of amides is 1. The Labute approximate surface area is 175 Å². The Balaban J connectivity index is 1.46. The molecular weight excluding hydrogens is 410 g/mol. The summed E-state index contributed by atoms with van der Waals surface area (Å²) < 4.78 is 37.5. The molecule has 0 fully saturated rings. The van der Waals surface area contributed by atoms with Gasteiger partial charge < -0.3 is 14.5 Å². The molecule has 0 bridgehead atoms. The molecule has 8 heteroatoms. The Bertz CT molecular complexity index is 1160. The molecule has 0 aliphatic rings. The molecule has 0 spiro atoms. The van der Waals surface area contributed by atoms with Gasteiger partial charge in [0.25, 0.3) is 5.91 Å². The van der Waals surface area contributed by atoms with Crippen LogP contribution in [0, 0.1) is 11.6 Å². The van der Waals surface area contributed by atoms with Gasteiger partial charge >= 0.3 is 0 Å². The highest BCUT2D eigenvalue weighted by Crippen LogP contribution is 2.32. The molecule has 0 radical (unpaired) electrons. The van der Waals surface area contributed by atoms with Crippen LogP contribution in [0.2, 0.25) is 0 Å². The van der Waals surface area contributed by atoms with Crippen LogP contribution in [0.5, 0.6) is 5.75 Å². The van der Waals surface area contributed by atoms with Crippen LogP contribution in [0.25, 0.3) is 10.6 Å². The first kappa shape index (κ1) is 19.8. The molecule has 0 aliphatic heterocycles. The van der Waals surface area contributed by atoms with Gasteiger partial charge in [-0.25, -0.2) is 13.8 Å². The number of para-hydroxylation sites is 1. The molecule has 0 saturated heterocycles. The van der Waals surface area contributed by atoms with Crippen LogP contribution in [0.3, 0.4) is 0 Å². The normalized spacial score (nSPS) is 10.7. The van der Waals surface area contributed by atoms with Crippen LogP contribution < -0.4 is 10.1 Å². The van der Waals surface area contributed by atoms with E-state index in [0.29, 0.717) is 27.6 Å². The molecule has 152 valence electrons. The second kappa shape index (κ2) is 8.87. The number of aromatic nitrogens is 1. The van der Waals surface area contributed by atoms with E-state index in [4.69, 9.17) is 9.15 Å². The minimum absolute atomic E-state index is 0.0656. The number of hydrogen-bond donors (Lipinski definition) is 1. The lowest BCUT2D eigenvalue weighted by atomic mass is 10.2. The van der Waals surface area contributed by atoms with E-state index < -0.39 is 11.6 Å². The van der Waals surface area contributed by atoms with Crippen LogP contribution in [0.4, 0.5) is 8.78 Å². The maximum Gasteiger partial charge on any atom is 0.271 e. The average Bonchev–Trinajstić information content (AvgIpc) is 3.45. The molecule has 2 aromatic carbocycles. The van der Waals surface area contributed by atoms with Crippen molar-refractivity contribution in [2.24, 2.45) is 0 Å². The van der Waals surface area contributed by atoms with Crippen molar-refractivity contribution in [3.8, 4) is 16.3 Å². The third kappa shape index (κ3) is 4.55. The highest BCUT2D eigenvalue weighted by atomic mass is 32.1. The first-order valence-electron chi connectivity index (χ1n) is 9.02. The number of thiazole rings is 1. The summed E-state index contributed by atoms with van der Waals surface area (Å²) in [6, 6.07) is 14.4. The van der Waals surface area contributed by atoms with Crippen LogP contribution in [-0.2, 0) is 13.2 Å². The Morgan fingerprint density at radius 3 is 2.77 bits per heavy atom. The maximum absolute atomic E-state index is 13.4. The van der Waals surface area contributed by atoms with E-state index in [1.54, 1.807) is 35.9 Å². The van der Waals surface area contributed by atoms with Crippen molar-refractivity contribution in [3.63, 3.8) is 0 Å². The summed E-state index contributed by atoms with van der Waals surface area (Å²) >= 11 is 1.31. The molecule has 0 atom stereocenters. The zero-order chi connectivity index (χ0) is 20.9. The number of nitrogens with one attached hydrogen (secondary N) is 1. The van der Waals surface area contributed by atoms with Crippen LogP contribution in [-0.4, -0.2) is 10.9 Å². The van der Waals surface area contributed by atoms with E-state index in [9.17, 15) is 13.6 Å². The third-order valence-electron chi connectivity index (χ3n) is 4.24. The summed E-state index contributed by atoms with van der Waals surface area (Å²) in [7, 11) is 0. The summed E-state index contributed by atoms with van der Waals surface area (Å²) in [6.07, 6.45) is 1.54. The second-order valence-electron chi connectivity index (χ2n) is 6.33. The number of rotatable bonds is 7. The standard InChI is InChI=1S/C22H16F2N2O3S/c23-17-8-7-14(10-18(17)24)12-29-20-6-2-1-5-16(20)22-26-19(13-30-22)21(27)25-11-15-4-3-9-28-15/h1-10,13H,11-12H2,(H,25,27). The quantitative estimate of drug-likeness (QED) is 0.442. The molecule has 30 heavy (non-hydrogen) atoms. The van der Waals surface area contributed by atoms with Crippen LogP contribution in [0.15, 0.2) is 70.7 Å². The summed E-state index contributed by atoms with van der Waals surface area (Å²) in [5.74, 6) is -0.961. The van der Waals surface area contributed by atoms with E-state index >= 15 is 0 Å². The van der Waals surface area contributed by atoms with Gasteiger partial charge in [0.05, 0.1) is 18.4 Å². The summed E-state index contributed by atoms with van der Waals surface area (Å²) in [4.78, 5) is 16.7. The SMILES string of the molecule is O=C(NCc1ccco1)c1csc(-c2ccccc2OCc2ccc(F)c(F)c2)n1. The minimum atomic E-state index is -0.922. The molecule has 1 amide bonds. The fourth-order valence-corrected chi connectivity index (χ4v) is 3.56. The predicted octanol–water partition coefficient (Wildman–Crippen LogP) is 5.19. The smallest absolute Gasteiger partial charge is 0.271 e. The first-order chi connectivity index (χ1) is 14.6. The Morgan fingerprint density at radius 1 is 1.10 bits per heavy atom. The topological polar surface area (TPSA) is 64.4 Å². The number of carbonyl (C=O) groups is 1. The van der Waals surface area contributed by atoms with Gasteiger partial charge in [-0.05, 0) is 42.0 Å². The third-order valence-corrected chi connectivity index (χ3v) is 5.11. The summed E-state index contributed by atoms with van der Waals surface area (Å²) in [5, 5.41) is 5.03. The molecule has 1 N–H and O–H groups in total. The average molecular weight is 426 g/mol. The van der Waals surface area contributed by atoms with E-state index in [1.165, 1.54) is 17.4 Å². The number of furan rings is 1. The van der Waals surface area contributed by atoms with Crippen molar-refractivity contribution in [1.82, 2.24) is 10.3 Å². The highest BCUT2D eigenvalue weighted by molar-refractivity contribution is 7.13. The summed E-state index contributed by atoms with van der Waals surface area (Å²) in [5.41, 5.74) is 1.49. The van der Waals surface area contributed by atoms with Crippen molar-refractivity contribution in [3.05, 3.63) is 94.9 Å². The monoisotopic (exact) mass is 426 g/mol. The largest absolute Gasteiger partial charge is 0.488 e. The lowest BCUT2D eigenvalue weighted by Crippen LogP contribution is -2.22. The fourth-order valence-electron chi connectivity index (χ4n) is 2.73. The first-order valence-corrected chi connectivity index (χ1v) is 9.90. The molecule has 2 aromatic heterocycles. The number of hydrogen-bond acceptors (Lipinski definition) is 5. The lowest BCUT2D eigenvalue weighted by Gasteiger charge is -2.10. The lowest BCUT2D eigenvalue weighted by molar-refractivity contribution is 0.0944.